The van der Waals surface area contributed by atoms with Crippen molar-refractivity contribution in [3.8, 4) is 0 Å². The summed E-state index contributed by atoms with van der Waals surface area (Å²) < 4.78 is 64.2. The van der Waals surface area contributed by atoms with Crippen LogP contribution in [0.4, 0.5) is 8.39 Å². The van der Waals surface area contributed by atoms with E-state index < -0.39 is 23.1 Å². The molecule has 0 atom stereocenters. The summed E-state index contributed by atoms with van der Waals surface area (Å²) in [5, 5.41) is 0. The van der Waals surface area contributed by atoms with E-state index in [-0.39, 0.29) is 26.4 Å². The van der Waals surface area contributed by atoms with Crippen LogP contribution in [0.2, 0.25) is 0 Å². The molecule has 0 aromatic heterocycles. The fraction of sp³-hybridized carbons (Fsp3) is 1.00. The normalized spacial score (nSPS) is 19.5. The predicted molar refractivity (Wildman–Crippen MR) is 114 cm³/mol. The van der Waals surface area contributed by atoms with E-state index in [4.69, 9.17) is 18.1 Å². The maximum Gasteiger partial charge on any atom is 0.424 e. The van der Waals surface area contributed by atoms with Gasteiger partial charge < -0.3 is 18.1 Å². The van der Waals surface area contributed by atoms with E-state index in [1.165, 1.54) is 0 Å². The van der Waals surface area contributed by atoms with Crippen LogP contribution in [0.3, 0.4) is 0 Å². The fourth-order valence-electron chi connectivity index (χ4n) is 2.06. The fourth-order valence-corrected chi connectivity index (χ4v) is 10.0. The second kappa shape index (κ2) is 13.6. The number of hydrogen-bond acceptors (Lipinski definition) is 7. The summed E-state index contributed by atoms with van der Waals surface area (Å²) in [6.07, 6.45) is 6.31. The summed E-state index contributed by atoms with van der Waals surface area (Å²) >= 11 is 0. The Labute approximate surface area is 169 Å². The van der Waals surface area contributed by atoms with Crippen LogP contribution in [0.15, 0.2) is 13.5 Å². The number of hydrogen-bond donors (Lipinski definition) is 0. The van der Waals surface area contributed by atoms with Gasteiger partial charge >= 0.3 is 23.1 Å². The van der Waals surface area contributed by atoms with Crippen molar-refractivity contribution in [2.45, 2.75) is 79.1 Å². The molecular formula is C16H36F2N3O4P3. The van der Waals surface area contributed by atoms with Gasteiger partial charge in [0, 0.05) is 0 Å². The summed E-state index contributed by atoms with van der Waals surface area (Å²) in [4.78, 5) is 0. The third-order valence-electron chi connectivity index (χ3n) is 3.70. The van der Waals surface area contributed by atoms with Crippen LogP contribution in [0, 0.1) is 0 Å². The Balaban J connectivity index is 3.32. The van der Waals surface area contributed by atoms with Gasteiger partial charge in [0.2, 0.25) is 0 Å². The molecule has 12 heteroatoms. The Bertz CT molecular complexity index is 562. The third-order valence-corrected chi connectivity index (χ3v) is 11.1. The zero-order chi connectivity index (χ0) is 20.9. The molecule has 0 saturated heterocycles. The van der Waals surface area contributed by atoms with Crippen molar-refractivity contribution < 1.29 is 26.5 Å². The molecule has 0 saturated carbocycles. The summed E-state index contributed by atoms with van der Waals surface area (Å²) in [6, 6.07) is 0. The monoisotopic (exact) mass is 465 g/mol. The summed E-state index contributed by atoms with van der Waals surface area (Å²) in [7, 11) is -12.1. The van der Waals surface area contributed by atoms with Gasteiger partial charge in [0.1, 0.15) is 0 Å². The maximum absolute atomic E-state index is 14.7. The Morgan fingerprint density at radius 2 is 0.857 bits per heavy atom. The summed E-state index contributed by atoms with van der Waals surface area (Å²) in [5.41, 5.74) is 0. The minimum Gasteiger partial charge on any atom is -0.306 e. The second-order valence-electron chi connectivity index (χ2n) is 6.45. The molecule has 1 aliphatic rings. The summed E-state index contributed by atoms with van der Waals surface area (Å²) in [5.74, 6) is 0. The first-order valence-corrected chi connectivity index (χ1v) is 14.8. The van der Waals surface area contributed by atoms with E-state index in [0.717, 1.165) is 25.7 Å². The molecule has 0 fully saturated rings. The highest BCUT2D eigenvalue weighted by atomic mass is 31.3. The molecule has 0 bridgehead atoms. The predicted octanol–water partition coefficient (Wildman–Crippen LogP) is 9.04. The Morgan fingerprint density at radius 1 is 0.536 bits per heavy atom. The zero-order valence-corrected chi connectivity index (χ0v) is 20.2. The van der Waals surface area contributed by atoms with Crippen LogP contribution in [0.25, 0.3) is 0 Å². The van der Waals surface area contributed by atoms with Crippen LogP contribution >= 0.6 is 23.1 Å². The molecule has 0 amide bonds. The molecule has 0 aromatic rings. The molecular weight excluding hydrogens is 429 g/mol. The first-order valence-electron chi connectivity index (χ1n) is 10.3. The molecule has 0 N–H and O–H groups in total. The number of halogens is 2. The SMILES string of the molecule is CCCCOP1(OCCCC)=NP(F)(F)=NP(OCCCC)(OCCCC)=N1. The lowest BCUT2D eigenvalue weighted by atomic mass is 10.4. The van der Waals surface area contributed by atoms with Crippen molar-refractivity contribution in [3.05, 3.63) is 0 Å². The molecule has 0 aliphatic carbocycles. The Kier molecular flexibility index (Phi) is 12.9. The van der Waals surface area contributed by atoms with E-state index in [0.29, 0.717) is 25.7 Å². The second-order valence-corrected chi connectivity index (χ2v) is 12.5. The van der Waals surface area contributed by atoms with Crippen LogP contribution in [0.5, 0.6) is 0 Å². The molecule has 28 heavy (non-hydrogen) atoms. The first-order chi connectivity index (χ1) is 13.4. The van der Waals surface area contributed by atoms with Crippen molar-refractivity contribution in [2.24, 2.45) is 13.5 Å². The topological polar surface area (TPSA) is 74.0 Å². The lowest BCUT2D eigenvalue weighted by Gasteiger charge is -2.29. The number of nitrogens with zero attached hydrogens (tertiary/aromatic N) is 3. The van der Waals surface area contributed by atoms with Gasteiger partial charge in [-0.05, 0) is 25.7 Å². The lowest BCUT2D eigenvalue weighted by Crippen LogP contribution is -2.03. The first kappa shape index (κ1) is 26.4. The number of rotatable bonds is 16. The molecule has 0 aromatic carbocycles. The minimum atomic E-state index is -5.02. The average Bonchev–Trinajstić information content (AvgIpc) is 2.61. The number of unbranched alkanes of at least 4 members (excludes halogenated alkanes) is 4. The van der Waals surface area contributed by atoms with E-state index in [9.17, 15) is 8.39 Å². The van der Waals surface area contributed by atoms with Gasteiger partial charge in [0.15, 0.2) is 0 Å². The van der Waals surface area contributed by atoms with Gasteiger partial charge in [0.25, 0.3) is 0 Å². The van der Waals surface area contributed by atoms with Gasteiger partial charge in [-0.1, -0.05) is 53.4 Å². The van der Waals surface area contributed by atoms with E-state index in [2.05, 4.69) is 13.5 Å². The highest BCUT2D eigenvalue weighted by molar-refractivity contribution is 7.78. The Hall–Kier alpha value is 0.390. The molecule has 0 radical (unpaired) electrons. The van der Waals surface area contributed by atoms with Crippen molar-refractivity contribution >= 4 is 23.1 Å². The van der Waals surface area contributed by atoms with Crippen molar-refractivity contribution in [1.82, 2.24) is 0 Å². The van der Waals surface area contributed by atoms with Crippen LogP contribution in [-0.2, 0) is 18.1 Å². The molecule has 1 heterocycles. The van der Waals surface area contributed by atoms with E-state index in [1.807, 2.05) is 27.7 Å². The standard InChI is InChI=1S/C16H36F2N3O4P3/c1-5-9-13-22-27(23-14-10-6-2)19-26(17,18)20-28(21-27,24-15-11-7-3)25-16-12-8-4/h5-16H2,1-4H3. The molecule has 1 aliphatic heterocycles. The molecule has 1 rings (SSSR count). The smallest absolute Gasteiger partial charge is 0.306 e. The van der Waals surface area contributed by atoms with E-state index in [1.54, 1.807) is 0 Å². The van der Waals surface area contributed by atoms with Gasteiger partial charge in [-0.3, -0.25) is 0 Å². The van der Waals surface area contributed by atoms with Crippen LogP contribution in [-0.4, -0.2) is 26.4 Å². The highest BCUT2D eigenvalue weighted by Crippen LogP contribution is 2.81. The van der Waals surface area contributed by atoms with Gasteiger partial charge in [-0.15, -0.1) is 21.9 Å². The van der Waals surface area contributed by atoms with Crippen molar-refractivity contribution in [3.63, 3.8) is 0 Å². The van der Waals surface area contributed by atoms with Crippen molar-refractivity contribution in [1.29, 1.82) is 0 Å². The maximum atomic E-state index is 14.7. The lowest BCUT2D eigenvalue weighted by molar-refractivity contribution is 0.222. The van der Waals surface area contributed by atoms with Crippen LogP contribution < -0.4 is 0 Å². The zero-order valence-electron chi connectivity index (χ0n) is 17.6. The van der Waals surface area contributed by atoms with E-state index >= 15 is 0 Å². The molecule has 168 valence electrons. The van der Waals surface area contributed by atoms with Crippen LogP contribution in [0.1, 0.15) is 79.1 Å². The van der Waals surface area contributed by atoms with Crippen molar-refractivity contribution in [2.75, 3.05) is 26.4 Å². The largest absolute Gasteiger partial charge is 0.424 e. The average molecular weight is 465 g/mol. The van der Waals surface area contributed by atoms with Gasteiger partial charge in [0.05, 0.1) is 26.4 Å². The molecule has 0 unspecified atom stereocenters. The minimum absolute atomic E-state index is 0.257. The Morgan fingerprint density at radius 3 is 1.18 bits per heavy atom. The molecule has 7 nitrogen and oxygen atoms in total. The summed E-state index contributed by atoms with van der Waals surface area (Å²) in [6.45, 7) is 9.02. The van der Waals surface area contributed by atoms with Gasteiger partial charge in [-0.2, -0.15) is 0 Å². The quantitative estimate of drug-likeness (QED) is 0.168. The molecule has 0 spiro atoms. The highest BCUT2D eigenvalue weighted by Gasteiger charge is 2.41. The third kappa shape index (κ3) is 9.47. The van der Waals surface area contributed by atoms with Gasteiger partial charge in [-0.25, -0.2) is 0 Å².